The van der Waals surface area contributed by atoms with Crippen LogP contribution in [-0.2, 0) is 0 Å². The lowest BCUT2D eigenvalue weighted by Gasteiger charge is -2.00. The Labute approximate surface area is 77.4 Å². The molecule has 0 saturated heterocycles. The molecule has 0 fully saturated rings. The van der Waals surface area contributed by atoms with E-state index in [0.717, 1.165) is 17.8 Å². The summed E-state index contributed by atoms with van der Waals surface area (Å²) in [7, 11) is 0. The van der Waals surface area contributed by atoms with E-state index in [4.69, 9.17) is 0 Å². The predicted octanol–water partition coefficient (Wildman–Crippen LogP) is 2.75. The van der Waals surface area contributed by atoms with Crippen LogP contribution in [0.4, 0.5) is 5.69 Å². The first-order valence-electron chi connectivity index (χ1n) is 4.26. The molecule has 2 nitrogen and oxygen atoms in total. The topological polar surface area (TPSA) is 24.7 Å². The summed E-state index contributed by atoms with van der Waals surface area (Å²) in [4.78, 5) is 8.44. The summed E-state index contributed by atoms with van der Waals surface area (Å²) in [5, 5.41) is 0. The lowest BCUT2D eigenvalue weighted by Crippen LogP contribution is -1.96. The van der Waals surface area contributed by atoms with Crippen LogP contribution in [0.3, 0.4) is 0 Å². The van der Waals surface area contributed by atoms with E-state index in [0.29, 0.717) is 0 Å². The number of allylic oxidation sites excluding steroid dienone is 1. The van der Waals surface area contributed by atoms with Gasteiger partial charge >= 0.3 is 0 Å². The molecule has 1 aliphatic rings. The fraction of sp³-hybridized carbons (Fsp3) is 0.0909. The minimum absolute atomic E-state index is 0.825. The van der Waals surface area contributed by atoms with Gasteiger partial charge in [0.05, 0.1) is 5.69 Å². The van der Waals surface area contributed by atoms with Gasteiger partial charge in [0.1, 0.15) is 0 Å². The molecule has 0 aliphatic carbocycles. The van der Waals surface area contributed by atoms with Gasteiger partial charge in [-0.05, 0) is 18.2 Å². The molecule has 1 aromatic carbocycles. The van der Waals surface area contributed by atoms with Crippen molar-refractivity contribution in [2.45, 2.75) is 6.42 Å². The number of nitrogens with zero attached hydrogens (tertiary/aromatic N) is 2. The highest BCUT2D eigenvalue weighted by molar-refractivity contribution is 6.05. The molecule has 64 valence electrons. The molecular formula is C11H10N2. The summed E-state index contributed by atoms with van der Waals surface area (Å²) >= 11 is 0. The Morgan fingerprint density at radius 3 is 2.69 bits per heavy atom. The molecule has 0 N–H and O–H groups in total. The third-order valence-electron chi connectivity index (χ3n) is 1.79. The van der Waals surface area contributed by atoms with E-state index in [1.165, 1.54) is 0 Å². The van der Waals surface area contributed by atoms with Gasteiger partial charge < -0.3 is 0 Å². The van der Waals surface area contributed by atoms with Gasteiger partial charge in [-0.25, -0.2) is 0 Å². The number of benzene rings is 1. The molecular weight excluding hydrogens is 160 g/mol. The first-order valence-corrected chi connectivity index (χ1v) is 4.26. The maximum absolute atomic E-state index is 4.46. The highest BCUT2D eigenvalue weighted by atomic mass is 14.8. The molecule has 1 aliphatic heterocycles. The molecule has 0 spiro atoms. The summed E-state index contributed by atoms with van der Waals surface area (Å²) in [6.45, 7) is 0. The Kier molecular flexibility index (Phi) is 2.32. The Bertz CT molecular complexity index is 361. The maximum atomic E-state index is 4.46. The second-order valence-electron chi connectivity index (χ2n) is 2.79. The van der Waals surface area contributed by atoms with Crippen molar-refractivity contribution in [2.75, 3.05) is 0 Å². The van der Waals surface area contributed by atoms with Gasteiger partial charge in [-0.15, -0.1) is 0 Å². The first kappa shape index (κ1) is 7.92. The van der Waals surface area contributed by atoms with Crippen molar-refractivity contribution in [1.29, 1.82) is 0 Å². The molecule has 0 atom stereocenters. The van der Waals surface area contributed by atoms with E-state index in [1.807, 2.05) is 42.6 Å². The van der Waals surface area contributed by atoms with E-state index in [1.54, 1.807) is 6.20 Å². The quantitative estimate of drug-likeness (QED) is 0.619. The smallest absolute Gasteiger partial charge is 0.0633 e. The second-order valence-corrected chi connectivity index (χ2v) is 2.79. The number of aliphatic imine (C=N–C) groups is 2. The highest BCUT2D eigenvalue weighted by Gasteiger charge is 1.95. The van der Waals surface area contributed by atoms with Gasteiger partial charge in [-0.1, -0.05) is 18.2 Å². The van der Waals surface area contributed by atoms with Crippen molar-refractivity contribution in [1.82, 2.24) is 0 Å². The zero-order chi connectivity index (χ0) is 8.93. The molecule has 0 amide bonds. The van der Waals surface area contributed by atoms with E-state index < -0.39 is 0 Å². The van der Waals surface area contributed by atoms with Crippen LogP contribution in [-0.4, -0.2) is 11.9 Å². The average Bonchev–Trinajstić information content (AvgIpc) is 2.21. The Hall–Kier alpha value is -1.70. The van der Waals surface area contributed by atoms with Crippen molar-refractivity contribution < 1.29 is 0 Å². The zero-order valence-corrected chi connectivity index (χ0v) is 7.22. The van der Waals surface area contributed by atoms with Gasteiger partial charge in [0.25, 0.3) is 0 Å². The minimum atomic E-state index is 0.825. The van der Waals surface area contributed by atoms with Crippen molar-refractivity contribution in [3.63, 3.8) is 0 Å². The SMILES string of the molecule is C1=CC(=Nc2ccccc2)CC=N1. The third-order valence-corrected chi connectivity index (χ3v) is 1.79. The summed E-state index contributed by atoms with van der Waals surface area (Å²) in [5.41, 5.74) is 2.05. The molecule has 0 saturated carbocycles. The Morgan fingerprint density at radius 2 is 2.00 bits per heavy atom. The van der Waals surface area contributed by atoms with Crippen molar-refractivity contribution >= 4 is 17.6 Å². The molecule has 0 radical (unpaired) electrons. The van der Waals surface area contributed by atoms with E-state index in [2.05, 4.69) is 9.98 Å². The van der Waals surface area contributed by atoms with Gasteiger partial charge in [0, 0.05) is 24.5 Å². The van der Waals surface area contributed by atoms with Crippen LogP contribution < -0.4 is 0 Å². The van der Waals surface area contributed by atoms with Crippen molar-refractivity contribution in [2.24, 2.45) is 9.98 Å². The molecule has 0 unspecified atom stereocenters. The van der Waals surface area contributed by atoms with Crippen LogP contribution in [0, 0.1) is 0 Å². The normalized spacial score (nSPS) is 18.0. The number of hydrogen-bond acceptors (Lipinski definition) is 2. The van der Waals surface area contributed by atoms with Crippen molar-refractivity contribution in [3.8, 4) is 0 Å². The van der Waals surface area contributed by atoms with Crippen LogP contribution in [0.25, 0.3) is 0 Å². The Morgan fingerprint density at radius 1 is 1.15 bits per heavy atom. The number of para-hydroxylation sites is 1. The summed E-state index contributed by atoms with van der Waals surface area (Å²) in [6.07, 6.45) is 6.39. The summed E-state index contributed by atoms with van der Waals surface area (Å²) in [5.74, 6) is 0. The standard InChI is InChI=1S/C11H10N2/c1-2-4-10(5-3-1)13-11-6-8-12-9-7-11/h1-6,8-9H,7H2. The predicted molar refractivity (Wildman–Crippen MR) is 55.8 cm³/mol. The fourth-order valence-corrected chi connectivity index (χ4v) is 1.16. The monoisotopic (exact) mass is 170 g/mol. The van der Waals surface area contributed by atoms with E-state index in [9.17, 15) is 0 Å². The van der Waals surface area contributed by atoms with Crippen LogP contribution >= 0.6 is 0 Å². The van der Waals surface area contributed by atoms with Crippen molar-refractivity contribution in [3.05, 3.63) is 42.6 Å². The van der Waals surface area contributed by atoms with Gasteiger partial charge in [-0.2, -0.15) is 0 Å². The average molecular weight is 170 g/mol. The van der Waals surface area contributed by atoms with Gasteiger partial charge in [0.2, 0.25) is 0 Å². The lowest BCUT2D eigenvalue weighted by molar-refractivity contribution is 1.42. The molecule has 2 heteroatoms. The van der Waals surface area contributed by atoms with E-state index >= 15 is 0 Å². The fourth-order valence-electron chi connectivity index (χ4n) is 1.16. The summed E-state index contributed by atoms with van der Waals surface area (Å²) < 4.78 is 0. The second kappa shape index (κ2) is 3.81. The molecule has 1 aromatic rings. The highest BCUT2D eigenvalue weighted by Crippen LogP contribution is 2.11. The molecule has 0 bridgehead atoms. The van der Waals surface area contributed by atoms with Gasteiger partial charge in [0.15, 0.2) is 0 Å². The van der Waals surface area contributed by atoms with Crippen LogP contribution in [0.2, 0.25) is 0 Å². The van der Waals surface area contributed by atoms with Crippen LogP contribution in [0.5, 0.6) is 0 Å². The lowest BCUT2D eigenvalue weighted by atomic mass is 10.2. The number of rotatable bonds is 1. The largest absolute Gasteiger partial charge is 0.269 e. The first-order chi connectivity index (χ1) is 6.45. The van der Waals surface area contributed by atoms with Gasteiger partial charge in [-0.3, -0.25) is 9.98 Å². The number of hydrogen-bond donors (Lipinski definition) is 0. The molecule has 1 heterocycles. The third kappa shape index (κ3) is 2.12. The molecule has 2 rings (SSSR count). The van der Waals surface area contributed by atoms with Crippen LogP contribution in [0.1, 0.15) is 6.42 Å². The summed E-state index contributed by atoms with van der Waals surface area (Å²) in [6, 6.07) is 9.95. The van der Waals surface area contributed by atoms with Crippen LogP contribution in [0.15, 0.2) is 52.6 Å². The Balaban J connectivity index is 2.21. The maximum Gasteiger partial charge on any atom is 0.0633 e. The molecule has 13 heavy (non-hydrogen) atoms. The minimum Gasteiger partial charge on any atom is -0.269 e. The zero-order valence-electron chi connectivity index (χ0n) is 7.22. The van der Waals surface area contributed by atoms with E-state index in [-0.39, 0.29) is 0 Å². The molecule has 0 aromatic heterocycles.